The molecule has 19 heavy (non-hydrogen) atoms. The third kappa shape index (κ3) is 3.14. The van der Waals surface area contributed by atoms with Gasteiger partial charge < -0.3 is 10.4 Å². The van der Waals surface area contributed by atoms with Crippen molar-refractivity contribution >= 4 is 23.6 Å². The summed E-state index contributed by atoms with van der Waals surface area (Å²) in [7, 11) is 0. The number of carbonyl (C=O) groups is 1. The van der Waals surface area contributed by atoms with E-state index in [4.69, 9.17) is 11.6 Å². The molecule has 0 atom stereocenters. The molecular formula is C14H15ClFNO2. The molecule has 0 spiro atoms. The van der Waals surface area contributed by atoms with Crippen LogP contribution in [0.25, 0.3) is 6.08 Å². The van der Waals surface area contributed by atoms with Gasteiger partial charge in [-0.1, -0.05) is 17.7 Å². The van der Waals surface area contributed by atoms with Crippen LogP contribution >= 0.6 is 11.6 Å². The number of aliphatic hydroxyl groups is 1. The molecule has 1 fully saturated rings. The first kappa shape index (κ1) is 14.0. The van der Waals surface area contributed by atoms with Crippen molar-refractivity contribution in [2.24, 2.45) is 0 Å². The molecule has 5 heteroatoms. The van der Waals surface area contributed by atoms with Crippen LogP contribution in [0.2, 0.25) is 5.02 Å². The van der Waals surface area contributed by atoms with Crippen molar-refractivity contribution in [3.8, 4) is 0 Å². The van der Waals surface area contributed by atoms with E-state index in [0.29, 0.717) is 0 Å². The van der Waals surface area contributed by atoms with Gasteiger partial charge in [0, 0.05) is 11.6 Å². The normalized spacial score (nSPS) is 17.2. The van der Waals surface area contributed by atoms with Crippen LogP contribution in [0.4, 0.5) is 4.39 Å². The van der Waals surface area contributed by atoms with Crippen molar-refractivity contribution in [1.82, 2.24) is 5.32 Å². The van der Waals surface area contributed by atoms with Gasteiger partial charge in [0.25, 0.3) is 0 Å². The molecule has 3 nitrogen and oxygen atoms in total. The summed E-state index contributed by atoms with van der Waals surface area (Å²) in [5.74, 6) is -0.829. The summed E-state index contributed by atoms with van der Waals surface area (Å²) in [4.78, 5) is 11.7. The molecule has 1 aromatic carbocycles. The van der Waals surface area contributed by atoms with Crippen LogP contribution in [0.1, 0.15) is 24.8 Å². The summed E-state index contributed by atoms with van der Waals surface area (Å²) in [6.07, 6.45) is 5.10. The fraction of sp³-hybridized carbons (Fsp3) is 0.357. The maximum atomic E-state index is 13.5. The Morgan fingerprint density at radius 1 is 1.53 bits per heavy atom. The molecule has 2 rings (SSSR count). The van der Waals surface area contributed by atoms with Crippen LogP contribution in [0.3, 0.4) is 0 Å². The zero-order valence-electron chi connectivity index (χ0n) is 10.3. The predicted molar refractivity (Wildman–Crippen MR) is 72.3 cm³/mol. The standard InChI is InChI=1S/C14H15ClFNO2/c15-11-3-1-4-12(16)10(11)5-6-13(19)17-14(9-18)7-2-8-14/h1,3-6,18H,2,7-9H2,(H,17,19)/b6-5+. The Morgan fingerprint density at radius 2 is 2.26 bits per heavy atom. The van der Waals surface area contributed by atoms with Crippen molar-refractivity contribution < 1.29 is 14.3 Å². The Labute approximate surface area is 116 Å². The maximum Gasteiger partial charge on any atom is 0.244 e. The highest BCUT2D eigenvalue weighted by Crippen LogP contribution is 2.31. The topological polar surface area (TPSA) is 49.3 Å². The van der Waals surface area contributed by atoms with E-state index in [-0.39, 0.29) is 23.1 Å². The average molecular weight is 284 g/mol. The number of hydrogen-bond donors (Lipinski definition) is 2. The Balaban J connectivity index is 2.04. The summed E-state index contributed by atoms with van der Waals surface area (Å²) in [6, 6.07) is 4.35. The summed E-state index contributed by atoms with van der Waals surface area (Å²) in [5, 5.41) is 12.2. The summed E-state index contributed by atoms with van der Waals surface area (Å²) in [5.41, 5.74) is -0.313. The number of carbonyl (C=O) groups excluding carboxylic acids is 1. The van der Waals surface area contributed by atoms with Crippen LogP contribution in [0, 0.1) is 5.82 Å². The number of rotatable bonds is 4. The molecule has 0 aliphatic heterocycles. The van der Waals surface area contributed by atoms with E-state index >= 15 is 0 Å². The minimum absolute atomic E-state index is 0.0764. The molecule has 1 aromatic rings. The van der Waals surface area contributed by atoms with Crippen LogP contribution in [0.5, 0.6) is 0 Å². The average Bonchev–Trinajstić information content (AvgIpc) is 2.33. The number of aliphatic hydroxyl groups excluding tert-OH is 1. The zero-order chi connectivity index (χ0) is 13.9. The van der Waals surface area contributed by atoms with Gasteiger partial charge in [-0.15, -0.1) is 0 Å². The highest BCUT2D eigenvalue weighted by atomic mass is 35.5. The highest BCUT2D eigenvalue weighted by molar-refractivity contribution is 6.32. The Bertz CT molecular complexity index is 486. The Hall–Kier alpha value is -1.39. The van der Waals surface area contributed by atoms with Gasteiger partial charge in [0.1, 0.15) is 5.82 Å². The second kappa shape index (κ2) is 5.72. The van der Waals surface area contributed by atoms with Crippen LogP contribution in [-0.2, 0) is 4.79 Å². The molecule has 1 aliphatic carbocycles. The molecule has 0 aromatic heterocycles. The van der Waals surface area contributed by atoms with Gasteiger partial charge in [-0.2, -0.15) is 0 Å². The zero-order valence-corrected chi connectivity index (χ0v) is 11.1. The minimum Gasteiger partial charge on any atom is -0.394 e. The number of halogens is 2. The Kier molecular flexibility index (Phi) is 4.22. The molecule has 2 N–H and O–H groups in total. The minimum atomic E-state index is -0.500. The molecule has 0 radical (unpaired) electrons. The molecule has 0 saturated heterocycles. The van der Waals surface area contributed by atoms with Gasteiger partial charge in [-0.05, 0) is 37.5 Å². The lowest BCUT2D eigenvalue weighted by molar-refractivity contribution is -0.120. The lowest BCUT2D eigenvalue weighted by Crippen LogP contribution is -2.55. The second-order valence-electron chi connectivity index (χ2n) is 4.75. The predicted octanol–water partition coefficient (Wildman–Crippen LogP) is 2.52. The third-order valence-corrected chi connectivity index (χ3v) is 3.73. The molecule has 102 valence electrons. The van der Waals surface area contributed by atoms with Gasteiger partial charge in [-0.25, -0.2) is 4.39 Å². The summed E-state index contributed by atoms with van der Waals surface area (Å²) >= 11 is 5.85. The van der Waals surface area contributed by atoms with Crippen molar-refractivity contribution in [1.29, 1.82) is 0 Å². The summed E-state index contributed by atoms with van der Waals surface area (Å²) in [6.45, 7) is -0.0764. The van der Waals surface area contributed by atoms with Crippen LogP contribution in [-0.4, -0.2) is 23.2 Å². The van der Waals surface area contributed by atoms with Crippen molar-refractivity contribution in [3.05, 3.63) is 40.7 Å². The van der Waals surface area contributed by atoms with E-state index in [0.717, 1.165) is 19.3 Å². The van der Waals surface area contributed by atoms with E-state index in [9.17, 15) is 14.3 Å². The third-order valence-electron chi connectivity index (χ3n) is 3.40. The molecule has 0 heterocycles. The molecule has 1 saturated carbocycles. The van der Waals surface area contributed by atoms with Crippen molar-refractivity contribution in [2.75, 3.05) is 6.61 Å². The summed E-state index contributed by atoms with van der Waals surface area (Å²) < 4.78 is 13.5. The van der Waals surface area contributed by atoms with Gasteiger partial charge >= 0.3 is 0 Å². The first-order chi connectivity index (χ1) is 9.06. The largest absolute Gasteiger partial charge is 0.394 e. The molecular weight excluding hydrogens is 269 g/mol. The van der Waals surface area contributed by atoms with Gasteiger partial charge in [0.15, 0.2) is 0 Å². The van der Waals surface area contributed by atoms with E-state index in [1.54, 1.807) is 6.07 Å². The van der Waals surface area contributed by atoms with E-state index in [1.807, 2.05) is 0 Å². The number of amides is 1. The highest BCUT2D eigenvalue weighted by Gasteiger charge is 2.37. The molecule has 0 bridgehead atoms. The number of nitrogens with one attached hydrogen (secondary N) is 1. The van der Waals surface area contributed by atoms with Crippen molar-refractivity contribution in [3.63, 3.8) is 0 Å². The van der Waals surface area contributed by atoms with E-state index < -0.39 is 11.4 Å². The number of hydrogen-bond acceptors (Lipinski definition) is 2. The lowest BCUT2D eigenvalue weighted by atomic mass is 9.77. The lowest BCUT2D eigenvalue weighted by Gasteiger charge is -2.40. The first-order valence-electron chi connectivity index (χ1n) is 6.11. The fourth-order valence-electron chi connectivity index (χ4n) is 2.06. The SMILES string of the molecule is O=C(/C=C/c1c(F)cccc1Cl)NC1(CO)CCC1. The van der Waals surface area contributed by atoms with Crippen LogP contribution < -0.4 is 5.32 Å². The van der Waals surface area contributed by atoms with Crippen molar-refractivity contribution in [2.45, 2.75) is 24.8 Å². The van der Waals surface area contributed by atoms with Crippen LogP contribution in [0.15, 0.2) is 24.3 Å². The van der Waals surface area contributed by atoms with Gasteiger partial charge in [-0.3, -0.25) is 4.79 Å². The van der Waals surface area contributed by atoms with E-state index in [2.05, 4.69) is 5.32 Å². The molecule has 0 unspecified atom stereocenters. The smallest absolute Gasteiger partial charge is 0.244 e. The monoisotopic (exact) mass is 283 g/mol. The second-order valence-corrected chi connectivity index (χ2v) is 5.16. The maximum absolute atomic E-state index is 13.5. The fourth-order valence-corrected chi connectivity index (χ4v) is 2.28. The quantitative estimate of drug-likeness (QED) is 0.834. The molecule has 1 aliphatic rings. The van der Waals surface area contributed by atoms with Gasteiger partial charge in [0.2, 0.25) is 5.91 Å². The number of benzene rings is 1. The van der Waals surface area contributed by atoms with E-state index in [1.165, 1.54) is 24.3 Å². The molecule has 1 amide bonds. The first-order valence-corrected chi connectivity index (χ1v) is 6.49. The Morgan fingerprint density at radius 3 is 2.79 bits per heavy atom. The van der Waals surface area contributed by atoms with Gasteiger partial charge in [0.05, 0.1) is 17.2 Å².